The molecule has 18 heavy (non-hydrogen) atoms. The average Bonchev–Trinajstić information content (AvgIpc) is 2.41. The maximum absolute atomic E-state index is 6.57. The van der Waals surface area contributed by atoms with E-state index in [0.29, 0.717) is 0 Å². The predicted octanol–water partition coefficient (Wildman–Crippen LogP) is 5.13. The summed E-state index contributed by atoms with van der Waals surface area (Å²) in [6.07, 6.45) is 1.79. The van der Waals surface area contributed by atoms with E-state index in [1.807, 2.05) is 43.3 Å². The first-order valence-corrected chi connectivity index (χ1v) is 6.72. The summed E-state index contributed by atoms with van der Waals surface area (Å²) < 4.78 is 0. The van der Waals surface area contributed by atoms with E-state index in [9.17, 15) is 0 Å². The van der Waals surface area contributed by atoms with Crippen LogP contribution in [-0.4, -0.2) is 4.98 Å². The van der Waals surface area contributed by atoms with Crippen LogP contribution in [0.2, 0.25) is 5.02 Å². The first-order chi connectivity index (χ1) is 8.59. The summed E-state index contributed by atoms with van der Waals surface area (Å²) in [5.74, 6) is 0.144. The Hall–Kier alpha value is -1.05. The monoisotopic (exact) mass is 279 g/mol. The second-order valence-electron chi connectivity index (χ2n) is 4.45. The number of pyridine rings is 1. The molecule has 0 fully saturated rings. The van der Waals surface area contributed by atoms with Gasteiger partial charge in [0.05, 0.1) is 5.38 Å². The van der Waals surface area contributed by atoms with Crippen LogP contribution in [-0.2, 0) is 0 Å². The number of aryl methyl sites for hydroxylation is 1. The Bertz CT molecular complexity index is 525. The third kappa shape index (κ3) is 2.85. The van der Waals surface area contributed by atoms with Crippen LogP contribution in [0.3, 0.4) is 0 Å². The molecule has 0 saturated heterocycles. The number of halogens is 2. The fraction of sp³-hybridized carbons (Fsp3) is 0.267. The van der Waals surface area contributed by atoms with Gasteiger partial charge in [-0.15, -0.1) is 11.6 Å². The minimum atomic E-state index is -0.126. The second-order valence-corrected chi connectivity index (χ2v) is 5.35. The van der Waals surface area contributed by atoms with Crippen LogP contribution in [0.25, 0.3) is 0 Å². The summed E-state index contributed by atoms with van der Waals surface area (Å²) in [5, 5.41) is 0.591. The Morgan fingerprint density at radius 1 is 1.17 bits per heavy atom. The van der Waals surface area contributed by atoms with Gasteiger partial charge in [-0.25, -0.2) is 0 Å². The largest absolute Gasteiger partial charge is 0.261 e. The topological polar surface area (TPSA) is 12.9 Å². The first-order valence-electron chi connectivity index (χ1n) is 5.90. The summed E-state index contributed by atoms with van der Waals surface area (Å²) in [6.45, 7) is 4.13. The molecule has 2 unspecified atom stereocenters. The highest BCUT2D eigenvalue weighted by molar-refractivity contribution is 6.30. The molecule has 1 heterocycles. The Kier molecular flexibility index (Phi) is 4.26. The van der Waals surface area contributed by atoms with Crippen LogP contribution in [0.1, 0.15) is 35.0 Å². The highest BCUT2D eigenvalue weighted by atomic mass is 35.5. The molecular formula is C15H15Cl2N. The Labute approximate surface area is 118 Å². The molecule has 2 atom stereocenters. The van der Waals surface area contributed by atoms with Crippen LogP contribution >= 0.6 is 23.2 Å². The molecule has 0 aliphatic rings. The highest BCUT2D eigenvalue weighted by Gasteiger charge is 2.21. The van der Waals surface area contributed by atoms with Gasteiger partial charge in [-0.3, -0.25) is 4.98 Å². The number of alkyl halides is 1. The molecule has 0 spiro atoms. The van der Waals surface area contributed by atoms with Gasteiger partial charge in [0, 0.05) is 22.8 Å². The maximum atomic E-state index is 6.57. The van der Waals surface area contributed by atoms with E-state index >= 15 is 0 Å². The van der Waals surface area contributed by atoms with Crippen LogP contribution in [0, 0.1) is 6.92 Å². The zero-order chi connectivity index (χ0) is 13.1. The third-order valence-corrected chi connectivity index (χ3v) is 3.98. The number of hydrogen-bond acceptors (Lipinski definition) is 1. The molecule has 0 N–H and O–H groups in total. The molecule has 0 bridgehead atoms. The second kappa shape index (κ2) is 5.73. The molecule has 94 valence electrons. The normalized spacial score (nSPS) is 14.2. The van der Waals surface area contributed by atoms with Gasteiger partial charge in [0.15, 0.2) is 0 Å². The van der Waals surface area contributed by atoms with E-state index in [2.05, 4.69) is 11.9 Å². The lowest BCUT2D eigenvalue weighted by atomic mass is 9.94. The molecule has 0 aliphatic carbocycles. The van der Waals surface area contributed by atoms with Crippen LogP contribution in [0.15, 0.2) is 42.6 Å². The summed E-state index contributed by atoms with van der Waals surface area (Å²) in [5.41, 5.74) is 3.22. The first kappa shape index (κ1) is 13.4. The van der Waals surface area contributed by atoms with Gasteiger partial charge in [0.1, 0.15) is 0 Å². The van der Waals surface area contributed by atoms with Crippen molar-refractivity contribution >= 4 is 23.2 Å². The molecule has 1 nitrogen and oxygen atoms in total. The SMILES string of the molecule is Cc1ccc(Cl)cc1C(Cl)C(C)c1ccccn1. The lowest BCUT2D eigenvalue weighted by Crippen LogP contribution is -2.05. The average molecular weight is 280 g/mol. The van der Waals surface area contributed by atoms with Gasteiger partial charge in [0.25, 0.3) is 0 Å². The predicted molar refractivity (Wildman–Crippen MR) is 77.4 cm³/mol. The molecule has 3 heteroatoms. The minimum absolute atomic E-state index is 0.126. The highest BCUT2D eigenvalue weighted by Crippen LogP contribution is 2.37. The lowest BCUT2D eigenvalue weighted by molar-refractivity contribution is 0.703. The molecule has 2 aromatic rings. The van der Waals surface area contributed by atoms with Gasteiger partial charge >= 0.3 is 0 Å². The van der Waals surface area contributed by atoms with Gasteiger partial charge in [-0.05, 0) is 42.3 Å². The van der Waals surface area contributed by atoms with Crippen molar-refractivity contribution in [3.63, 3.8) is 0 Å². The zero-order valence-electron chi connectivity index (χ0n) is 10.4. The molecular weight excluding hydrogens is 265 g/mol. The number of rotatable bonds is 3. The summed E-state index contributed by atoms with van der Waals surface area (Å²) in [7, 11) is 0. The van der Waals surface area contributed by atoms with Crippen molar-refractivity contribution in [1.29, 1.82) is 0 Å². The van der Waals surface area contributed by atoms with E-state index in [-0.39, 0.29) is 11.3 Å². The fourth-order valence-electron chi connectivity index (χ4n) is 1.97. The summed E-state index contributed by atoms with van der Waals surface area (Å²) in [4.78, 5) is 4.36. The van der Waals surface area contributed by atoms with Crippen LogP contribution in [0.4, 0.5) is 0 Å². The summed E-state index contributed by atoms with van der Waals surface area (Å²) >= 11 is 12.6. The van der Waals surface area contributed by atoms with Gasteiger partial charge in [-0.1, -0.05) is 30.7 Å². The van der Waals surface area contributed by atoms with E-state index in [1.165, 1.54) is 0 Å². The number of nitrogens with zero attached hydrogens (tertiary/aromatic N) is 1. The molecule has 2 rings (SSSR count). The quantitative estimate of drug-likeness (QED) is 0.710. The van der Waals surface area contributed by atoms with E-state index in [1.54, 1.807) is 6.20 Å². The van der Waals surface area contributed by atoms with Gasteiger partial charge in [-0.2, -0.15) is 0 Å². The van der Waals surface area contributed by atoms with Gasteiger partial charge < -0.3 is 0 Å². The van der Waals surface area contributed by atoms with Gasteiger partial charge in [0.2, 0.25) is 0 Å². The zero-order valence-corrected chi connectivity index (χ0v) is 11.9. The standard InChI is InChI=1S/C15H15Cl2N/c1-10-6-7-12(16)9-13(10)15(17)11(2)14-5-3-4-8-18-14/h3-9,11,15H,1-2H3. The smallest absolute Gasteiger partial charge is 0.0669 e. The molecule has 0 aliphatic heterocycles. The molecule has 0 amide bonds. The molecule has 1 aromatic carbocycles. The van der Waals surface area contributed by atoms with Crippen molar-refractivity contribution in [2.75, 3.05) is 0 Å². The molecule has 0 saturated carbocycles. The van der Waals surface area contributed by atoms with Crippen molar-refractivity contribution in [3.05, 3.63) is 64.4 Å². The van der Waals surface area contributed by atoms with Crippen LogP contribution in [0.5, 0.6) is 0 Å². The van der Waals surface area contributed by atoms with Crippen LogP contribution < -0.4 is 0 Å². The fourth-order valence-corrected chi connectivity index (χ4v) is 2.52. The Morgan fingerprint density at radius 3 is 2.61 bits per heavy atom. The Morgan fingerprint density at radius 2 is 1.94 bits per heavy atom. The number of hydrogen-bond donors (Lipinski definition) is 0. The summed E-state index contributed by atoms with van der Waals surface area (Å²) in [6, 6.07) is 11.7. The number of aromatic nitrogens is 1. The van der Waals surface area contributed by atoms with Crippen molar-refractivity contribution in [2.45, 2.75) is 25.1 Å². The third-order valence-electron chi connectivity index (χ3n) is 3.13. The maximum Gasteiger partial charge on any atom is 0.0669 e. The molecule has 1 aromatic heterocycles. The molecule has 0 radical (unpaired) electrons. The Balaban J connectivity index is 2.31. The van der Waals surface area contributed by atoms with Crippen molar-refractivity contribution in [3.8, 4) is 0 Å². The van der Waals surface area contributed by atoms with E-state index < -0.39 is 0 Å². The van der Waals surface area contributed by atoms with Crippen molar-refractivity contribution in [2.24, 2.45) is 0 Å². The van der Waals surface area contributed by atoms with Crippen molar-refractivity contribution < 1.29 is 0 Å². The van der Waals surface area contributed by atoms with E-state index in [4.69, 9.17) is 23.2 Å². The van der Waals surface area contributed by atoms with E-state index in [0.717, 1.165) is 21.8 Å². The van der Waals surface area contributed by atoms with Crippen molar-refractivity contribution in [1.82, 2.24) is 4.98 Å². The lowest BCUT2D eigenvalue weighted by Gasteiger charge is -2.20. The minimum Gasteiger partial charge on any atom is -0.261 e. The number of benzene rings is 1.